The first kappa shape index (κ1) is 10.8. The van der Waals surface area contributed by atoms with Crippen LogP contribution in [0.5, 0.6) is 5.75 Å². The van der Waals surface area contributed by atoms with Crippen LogP contribution in [-0.2, 0) is 10.0 Å². The lowest BCUT2D eigenvalue weighted by molar-refractivity contribution is 0.405. The minimum atomic E-state index is -3.80. The van der Waals surface area contributed by atoms with Crippen molar-refractivity contribution >= 4 is 15.7 Å². The Labute approximate surface area is 82.7 Å². The fourth-order valence-electron chi connectivity index (χ4n) is 1.20. The third kappa shape index (κ3) is 1.97. The molecule has 0 saturated carbocycles. The van der Waals surface area contributed by atoms with Crippen LogP contribution in [0, 0.1) is 6.92 Å². The number of anilines is 1. The number of benzene rings is 1. The second-order valence-corrected chi connectivity index (χ2v) is 4.46. The fourth-order valence-corrected chi connectivity index (χ4v) is 2.01. The SMILES string of the molecule is COc1c(N)cc(C)cc1S(N)(=O)=O. The standard InChI is InChI=1S/C8H12N2O3S/c1-5-3-6(9)8(13-2)7(4-5)14(10,11)12/h3-4H,9H2,1-2H3,(H2,10,11,12). The number of hydrogen-bond donors (Lipinski definition) is 2. The van der Waals surface area contributed by atoms with E-state index >= 15 is 0 Å². The number of ether oxygens (including phenoxy) is 1. The van der Waals surface area contributed by atoms with E-state index in [2.05, 4.69) is 0 Å². The van der Waals surface area contributed by atoms with E-state index in [0.717, 1.165) is 0 Å². The van der Waals surface area contributed by atoms with Crippen molar-refractivity contribution in [2.75, 3.05) is 12.8 Å². The summed E-state index contributed by atoms with van der Waals surface area (Å²) in [5, 5.41) is 5.01. The number of nitrogens with two attached hydrogens (primary N) is 2. The summed E-state index contributed by atoms with van der Waals surface area (Å²) >= 11 is 0. The van der Waals surface area contributed by atoms with Gasteiger partial charge in [-0.05, 0) is 24.6 Å². The molecule has 0 aromatic heterocycles. The molecule has 1 aromatic carbocycles. The third-order valence-electron chi connectivity index (χ3n) is 1.74. The number of sulfonamides is 1. The van der Waals surface area contributed by atoms with Gasteiger partial charge < -0.3 is 10.5 Å². The Kier molecular flexibility index (Phi) is 2.68. The van der Waals surface area contributed by atoms with E-state index in [-0.39, 0.29) is 16.3 Å². The van der Waals surface area contributed by atoms with Gasteiger partial charge in [-0.15, -0.1) is 0 Å². The number of hydrogen-bond acceptors (Lipinski definition) is 4. The molecule has 0 saturated heterocycles. The molecule has 0 atom stereocenters. The van der Waals surface area contributed by atoms with Crippen molar-refractivity contribution in [3.8, 4) is 5.75 Å². The zero-order valence-electron chi connectivity index (χ0n) is 7.94. The largest absolute Gasteiger partial charge is 0.493 e. The maximum absolute atomic E-state index is 11.2. The van der Waals surface area contributed by atoms with Gasteiger partial charge in [0, 0.05) is 0 Å². The Morgan fingerprint density at radius 3 is 2.36 bits per heavy atom. The minimum absolute atomic E-state index is 0.0856. The van der Waals surface area contributed by atoms with Crippen LogP contribution >= 0.6 is 0 Å². The van der Waals surface area contributed by atoms with Crippen LogP contribution in [-0.4, -0.2) is 15.5 Å². The Morgan fingerprint density at radius 1 is 1.36 bits per heavy atom. The van der Waals surface area contributed by atoms with E-state index in [1.54, 1.807) is 13.0 Å². The van der Waals surface area contributed by atoms with Gasteiger partial charge in [-0.1, -0.05) is 0 Å². The van der Waals surface area contributed by atoms with Gasteiger partial charge in [0.2, 0.25) is 10.0 Å². The van der Waals surface area contributed by atoms with Crippen LogP contribution in [0.25, 0.3) is 0 Å². The topological polar surface area (TPSA) is 95.4 Å². The molecule has 78 valence electrons. The van der Waals surface area contributed by atoms with Gasteiger partial charge in [-0.3, -0.25) is 0 Å². The quantitative estimate of drug-likeness (QED) is 0.692. The Balaban J connectivity index is 3.56. The lowest BCUT2D eigenvalue weighted by atomic mass is 10.2. The number of methoxy groups -OCH3 is 1. The Hall–Kier alpha value is -1.27. The van der Waals surface area contributed by atoms with Crippen LogP contribution in [0.2, 0.25) is 0 Å². The average Bonchev–Trinajstić information content (AvgIpc) is 2.01. The Bertz CT molecular complexity index is 454. The van der Waals surface area contributed by atoms with Gasteiger partial charge >= 0.3 is 0 Å². The first-order valence-corrected chi connectivity index (χ1v) is 5.38. The van der Waals surface area contributed by atoms with Gasteiger partial charge in [0.1, 0.15) is 4.90 Å². The van der Waals surface area contributed by atoms with Crippen LogP contribution < -0.4 is 15.6 Å². The van der Waals surface area contributed by atoms with E-state index in [1.807, 2.05) is 0 Å². The molecule has 0 aliphatic carbocycles. The van der Waals surface area contributed by atoms with Gasteiger partial charge in [0.25, 0.3) is 0 Å². The van der Waals surface area contributed by atoms with Crippen molar-refractivity contribution in [2.45, 2.75) is 11.8 Å². The van der Waals surface area contributed by atoms with Crippen molar-refractivity contribution in [2.24, 2.45) is 5.14 Å². The highest BCUT2D eigenvalue weighted by Gasteiger charge is 2.17. The summed E-state index contributed by atoms with van der Waals surface area (Å²) < 4.78 is 27.2. The van der Waals surface area contributed by atoms with Crippen molar-refractivity contribution in [1.29, 1.82) is 0 Å². The summed E-state index contributed by atoms with van der Waals surface area (Å²) in [7, 11) is -2.45. The fraction of sp³-hybridized carbons (Fsp3) is 0.250. The van der Waals surface area contributed by atoms with Crippen LogP contribution in [0.3, 0.4) is 0 Å². The van der Waals surface area contributed by atoms with Crippen molar-refractivity contribution in [3.63, 3.8) is 0 Å². The molecule has 0 radical (unpaired) electrons. The lowest BCUT2D eigenvalue weighted by Crippen LogP contribution is -2.14. The van der Waals surface area contributed by atoms with Crippen LogP contribution in [0.4, 0.5) is 5.69 Å². The molecule has 0 bridgehead atoms. The summed E-state index contributed by atoms with van der Waals surface area (Å²) in [6.45, 7) is 1.73. The molecule has 0 unspecified atom stereocenters. The molecule has 0 heterocycles. The molecule has 0 aliphatic rings. The summed E-state index contributed by atoms with van der Waals surface area (Å²) in [6, 6.07) is 3.04. The van der Waals surface area contributed by atoms with Gasteiger partial charge in [0.15, 0.2) is 5.75 Å². The van der Waals surface area contributed by atoms with Crippen LogP contribution in [0.15, 0.2) is 17.0 Å². The first-order valence-electron chi connectivity index (χ1n) is 3.83. The molecule has 14 heavy (non-hydrogen) atoms. The second kappa shape index (κ2) is 3.47. The van der Waals surface area contributed by atoms with E-state index in [0.29, 0.717) is 5.56 Å². The highest BCUT2D eigenvalue weighted by Crippen LogP contribution is 2.30. The average molecular weight is 216 g/mol. The number of primary sulfonamides is 1. The maximum Gasteiger partial charge on any atom is 0.241 e. The zero-order chi connectivity index (χ0) is 10.9. The first-order chi connectivity index (χ1) is 6.36. The number of nitrogen functional groups attached to an aromatic ring is 1. The molecule has 1 aromatic rings. The number of rotatable bonds is 2. The highest BCUT2D eigenvalue weighted by molar-refractivity contribution is 7.89. The molecule has 5 nitrogen and oxygen atoms in total. The molecule has 0 amide bonds. The van der Waals surface area contributed by atoms with Gasteiger partial charge in [-0.25, -0.2) is 13.6 Å². The van der Waals surface area contributed by atoms with Crippen molar-refractivity contribution in [1.82, 2.24) is 0 Å². The lowest BCUT2D eigenvalue weighted by Gasteiger charge is -2.10. The monoisotopic (exact) mass is 216 g/mol. The molecular formula is C8H12N2O3S. The van der Waals surface area contributed by atoms with Crippen molar-refractivity contribution < 1.29 is 13.2 Å². The van der Waals surface area contributed by atoms with E-state index in [9.17, 15) is 8.42 Å². The highest BCUT2D eigenvalue weighted by atomic mass is 32.2. The van der Waals surface area contributed by atoms with E-state index in [1.165, 1.54) is 13.2 Å². The zero-order valence-corrected chi connectivity index (χ0v) is 8.76. The number of aryl methyl sites for hydroxylation is 1. The van der Waals surface area contributed by atoms with Gasteiger partial charge in [0.05, 0.1) is 12.8 Å². The normalized spacial score (nSPS) is 11.4. The summed E-state index contributed by atoms with van der Waals surface area (Å²) in [5.41, 5.74) is 6.56. The predicted octanol–water partition coefficient (Wildman–Crippen LogP) is 0.233. The molecule has 6 heteroatoms. The Morgan fingerprint density at radius 2 is 1.93 bits per heavy atom. The summed E-state index contributed by atoms with van der Waals surface area (Å²) in [4.78, 5) is -0.0856. The summed E-state index contributed by atoms with van der Waals surface area (Å²) in [6.07, 6.45) is 0. The molecule has 0 fully saturated rings. The molecule has 0 spiro atoms. The molecule has 1 rings (SSSR count). The van der Waals surface area contributed by atoms with Gasteiger partial charge in [-0.2, -0.15) is 0 Å². The smallest absolute Gasteiger partial charge is 0.241 e. The molecular weight excluding hydrogens is 204 g/mol. The van der Waals surface area contributed by atoms with Crippen molar-refractivity contribution in [3.05, 3.63) is 17.7 Å². The third-order valence-corrected chi connectivity index (χ3v) is 2.65. The summed E-state index contributed by atoms with van der Waals surface area (Å²) in [5.74, 6) is 0.0955. The minimum Gasteiger partial charge on any atom is -0.493 e. The van der Waals surface area contributed by atoms with E-state index in [4.69, 9.17) is 15.6 Å². The molecule has 0 aliphatic heterocycles. The van der Waals surface area contributed by atoms with E-state index < -0.39 is 10.0 Å². The predicted molar refractivity (Wildman–Crippen MR) is 53.5 cm³/mol. The van der Waals surface area contributed by atoms with Crippen LogP contribution in [0.1, 0.15) is 5.56 Å². The maximum atomic E-state index is 11.2. The second-order valence-electron chi connectivity index (χ2n) is 2.93. The molecule has 4 N–H and O–H groups in total.